The molecule has 2 aliphatic heterocycles. The normalized spacial score (nSPS) is 30.9. The molecule has 17 heavy (non-hydrogen) atoms. The van der Waals surface area contributed by atoms with Crippen LogP contribution in [0.15, 0.2) is 0 Å². The first-order chi connectivity index (χ1) is 8.29. The molecule has 0 aromatic rings. The van der Waals surface area contributed by atoms with E-state index in [2.05, 4.69) is 5.32 Å². The highest BCUT2D eigenvalue weighted by Crippen LogP contribution is 2.29. The summed E-state index contributed by atoms with van der Waals surface area (Å²) in [6.07, 6.45) is 5.51. The van der Waals surface area contributed by atoms with Gasteiger partial charge in [-0.3, -0.25) is 9.69 Å². The molecule has 1 saturated carbocycles. The molecule has 2 saturated heterocycles. The van der Waals surface area contributed by atoms with E-state index in [1.54, 1.807) is 9.80 Å². The Kier molecular flexibility index (Phi) is 2.78. The van der Waals surface area contributed by atoms with Crippen LogP contribution in [0.3, 0.4) is 0 Å². The lowest BCUT2D eigenvalue weighted by molar-refractivity contribution is -0.130. The van der Waals surface area contributed by atoms with Gasteiger partial charge >= 0.3 is 6.03 Å². The van der Waals surface area contributed by atoms with E-state index in [0.717, 1.165) is 32.2 Å². The maximum Gasteiger partial charge on any atom is 0.327 e. The number of imide groups is 1. The second-order valence-corrected chi connectivity index (χ2v) is 5.20. The van der Waals surface area contributed by atoms with Crippen molar-refractivity contribution in [3.63, 3.8) is 0 Å². The van der Waals surface area contributed by atoms with Crippen molar-refractivity contribution in [1.29, 1.82) is 0 Å². The molecule has 1 aliphatic carbocycles. The maximum atomic E-state index is 12.3. The minimum absolute atomic E-state index is 0.0223. The SMILES string of the molecule is O=C1[C@@H]2CNCCN2C(=O)N1C1CCCCC1. The second-order valence-electron chi connectivity index (χ2n) is 5.20. The number of hydrogen-bond acceptors (Lipinski definition) is 3. The molecule has 3 amide bonds. The van der Waals surface area contributed by atoms with Crippen molar-refractivity contribution in [2.75, 3.05) is 19.6 Å². The Balaban J connectivity index is 1.80. The maximum absolute atomic E-state index is 12.3. The van der Waals surface area contributed by atoms with E-state index in [4.69, 9.17) is 0 Å². The highest BCUT2D eigenvalue weighted by atomic mass is 16.2. The second kappa shape index (κ2) is 4.29. The van der Waals surface area contributed by atoms with E-state index in [0.29, 0.717) is 13.1 Å². The van der Waals surface area contributed by atoms with E-state index in [9.17, 15) is 9.59 Å². The summed E-state index contributed by atoms with van der Waals surface area (Å²) in [5.41, 5.74) is 0. The summed E-state index contributed by atoms with van der Waals surface area (Å²) in [5.74, 6) is 0.0223. The van der Waals surface area contributed by atoms with Crippen LogP contribution in [0.2, 0.25) is 0 Å². The number of hydrogen-bond donors (Lipinski definition) is 1. The summed E-state index contributed by atoms with van der Waals surface area (Å²) in [5, 5.41) is 3.19. The third kappa shape index (κ3) is 1.73. The quantitative estimate of drug-likeness (QED) is 0.678. The lowest BCUT2D eigenvalue weighted by atomic mass is 9.94. The fourth-order valence-electron chi connectivity index (χ4n) is 3.22. The molecule has 1 N–H and O–H groups in total. The van der Waals surface area contributed by atoms with Crippen molar-refractivity contribution in [2.24, 2.45) is 0 Å². The van der Waals surface area contributed by atoms with Crippen molar-refractivity contribution < 1.29 is 9.59 Å². The minimum Gasteiger partial charge on any atom is -0.312 e. The average Bonchev–Trinajstić information content (AvgIpc) is 2.64. The molecule has 0 radical (unpaired) electrons. The molecule has 0 aromatic carbocycles. The Hall–Kier alpha value is -1.10. The van der Waals surface area contributed by atoms with Crippen LogP contribution >= 0.6 is 0 Å². The van der Waals surface area contributed by atoms with Crippen LogP contribution in [0.1, 0.15) is 32.1 Å². The zero-order valence-electron chi connectivity index (χ0n) is 10.0. The molecule has 3 fully saturated rings. The van der Waals surface area contributed by atoms with Gasteiger partial charge in [0.15, 0.2) is 0 Å². The molecule has 5 nitrogen and oxygen atoms in total. The molecule has 1 atom stereocenters. The van der Waals surface area contributed by atoms with Gasteiger partial charge < -0.3 is 10.2 Å². The summed E-state index contributed by atoms with van der Waals surface area (Å²) < 4.78 is 0. The van der Waals surface area contributed by atoms with Crippen molar-refractivity contribution >= 4 is 11.9 Å². The molecule has 0 aromatic heterocycles. The van der Waals surface area contributed by atoms with Gasteiger partial charge in [-0.2, -0.15) is 0 Å². The molecule has 0 bridgehead atoms. The molecule has 2 heterocycles. The standard InChI is InChI=1S/C12H19N3O2/c16-11-10-8-13-6-7-14(10)12(17)15(11)9-4-2-1-3-5-9/h9-10,13H,1-8H2/t10-/m0/s1. The summed E-state index contributed by atoms with van der Waals surface area (Å²) in [4.78, 5) is 27.8. The highest BCUT2D eigenvalue weighted by Gasteiger charge is 2.48. The van der Waals surface area contributed by atoms with Crippen molar-refractivity contribution in [2.45, 2.75) is 44.2 Å². The summed E-state index contributed by atoms with van der Waals surface area (Å²) in [6.45, 7) is 2.08. The monoisotopic (exact) mass is 237 g/mol. The van der Waals surface area contributed by atoms with Gasteiger partial charge in [-0.15, -0.1) is 0 Å². The third-order valence-electron chi connectivity index (χ3n) is 4.16. The molecular weight excluding hydrogens is 218 g/mol. The van der Waals surface area contributed by atoms with E-state index >= 15 is 0 Å². The fourth-order valence-corrected chi connectivity index (χ4v) is 3.22. The zero-order chi connectivity index (χ0) is 11.8. The minimum atomic E-state index is -0.238. The molecule has 0 unspecified atom stereocenters. The number of amides is 3. The number of nitrogens with zero attached hydrogens (tertiary/aromatic N) is 2. The Morgan fingerprint density at radius 3 is 2.59 bits per heavy atom. The number of rotatable bonds is 1. The van der Waals surface area contributed by atoms with Crippen LogP contribution in [-0.2, 0) is 4.79 Å². The summed E-state index contributed by atoms with van der Waals surface area (Å²) in [7, 11) is 0. The number of urea groups is 1. The van der Waals surface area contributed by atoms with Crippen molar-refractivity contribution in [1.82, 2.24) is 15.1 Å². The predicted molar refractivity (Wildman–Crippen MR) is 62.5 cm³/mol. The lowest BCUT2D eigenvalue weighted by Crippen LogP contribution is -2.51. The Morgan fingerprint density at radius 2 is 1.88 bits per heavy atom. The Bertz CT molecular complexity index is 315. The number of piperazine rings is 1. The van der Waals surface area contributed by atoms with E-state index < -0.39 is 0 Å². The van der Waals surface area contributed by atoms with Gasteiger partial charge in [0.1, 0.15) is 6.04 Å². The predicted octanol–water partition coefficient (Wildman–Crippen LogP) is 0.555. The van der Waals surface area contributed by atoms with E-state index in [-0.39, 0.29) is 24.0 Å². The number of carbonyl (C=O) groups excluding carboxylic acids is 2. The van der Waals surface area contributed by atoms with E-state index in [1.807, 2.05) is 0 Å². The molecule has 5 heteroatoms. The van der Waals surface area contributed by atoms with Gasteiger partial charge in [0, 0.05) is 25.7 Å². The number of carbonyl (C=O) groups is 2. The van der Waals surface area contributed by atoms with E-state index in [1.165, 1.54) is 6.42 Å². The van der Waals surface area contributed by atoms with Gasteiger partial charge in [-0.1, -0.05) is 19.3 Å². The van der Waals surface area contributed by atoms with Gasteiger partial charge in [0.25, 0.3) is 5.91 Å². The molecule has 3 rings (SSSR count). The van der Waals surface area contributed by atoms with Crippen LogP contribution < -0.4 is 5.32 Å². The molecule has 94 valence electrons. The van der Waals surface area contributed by atoms with Gasteiger partial charge in [0.2, 0.25) is 0 Å². The first-order valence-corrected chi connectivity index (χ1v) is 6.63. The highest BCUT2D eigenvalue weighted by molar-refractivity contribution is 6.04. The first-order valence-electron chi connectivity index (χ1n) is 6.63. The Morgan fingerprint density at radius 1 is 1.12 bits per heavy atom. The first kappa shape index (κ1) is 11.0. The van der Waals surface area contributed by atoms with Crippen LogP contribution in [0.5, 0.6) is 0 Å². The zero-order valence-corrected chi connectivity index (χ0v) is 10.0. The van der Waals surface area contributed by atoms with Crippen LogP contribution in [0.4, 0.5) is 4.79 Å². The average molecular weight is 237 g/mol. The van der Waals surface area contributed by atoms with Gasteiger partial charge in [-0.25, -0.2) is 4.79 Å². The van der Waals surface area contributed by atoms with Crippen molar-refractivity contribution in [3.05, 3.63) is 0 Å². The van der Waals surface area contributed by atoms with Gasteiger partial charge in [0.05, 0.1) is 0 Å². The molecule has 0 spiro atoms. The smallest absolute Gasteiger partial charge is 0.312 e. The topological polar surface area (TPSA) is 52.7 Å². The number of fused-ring (bicyclic) bond motifs is 1. The summed E-state index contributed by atoms with van der Waals surface area (Å²) in [6, 6.07) is -0.124. The largest absolute Gasteiger partial charge is 0.327 e. The van der Waals surface area contributed by atoms with Crippen molar-refractivity contribution in [3.8, 4) is 0 Å². The third-order valence-corrected chi connectivity index (χ3v) is 4.16. The molecular formula is C12H19N3O2. The number of nitrogens with one attached hydrogen (secondary N) is 1. The molecule has 3 aliphatic rings. The van der Waals surface area contributed by atoms with Crippen LogP contribution in [0.25, 0.3) is 0 Å². The lowest BCUT2D eigenvalue weighted by Gasteiger charge is -2.29. The van der Waals surface area contributed by atoms with Crippen LogP contribution in [0, 0.1) is 0 Å². The Labute approximate surface area is 101 Å². The van der Waals surface area contributed by atoms with Crippen LogP contribution in [-0.4, -0.2) is 53.5 Å². The summed E-state index contributed by atoms with van der Waals surface area (Å²) >= 11 is 0. The van der Waals surface area contributed by atoms with Gasteiger partial charge in [-0.05, 0) is 12.8 Å². The fraction of sp³-hybridized carbons (Fsp3) is 0.833.